The molecule has 4 nitrogen and oxygen atoms in total. The molecule has 1 aromatic carbocycles. The molecule has 0 amide bonds. The maximum atomic E-state index is 11.9. The molecule has 0 radical (unpaired) electrons. The van der Waals surface area contributed by atoms with E-state index in [-0.39, 0.29) is 5.75 Å². The predicted octanol–water partition coefficient (Wildman–Crippen LogP) is 2.41. The summed E-state index contributed by atoms with van der Waals surface area (Å²) in [6.07, 6.45) is 1.92. The van der Waals surface area contributed by atoms with E-state index in [4.69, 9.17) is 5.26 Å². The van der Waals surface area contributed by atoms with Crippen molar-refractivity contribution < 1.29 is 8.42 Å². The summed E-state index contributed by atoms with van der Waals surface area (Å²) in [5.74, 6) is 0.295. The van der Waals surface area contributed by atoms with Crippen molar-refractivity contribution in [3.05, 3.63) is 35.4 Å². The zero-order valence-electron chi connectivity index (χ0n) is 11.4. The molecule has 1 N–H and O–H groups in total. The van der Waals surface area contributed by atoms with Crippen molar-refractivity contribution >= 4 is 10.0 Å². The quantitative estimate of drug-likeness (QED) is 0.833. The molecule has 0 saturated heterocycles. The van der Waals surface area contributed by atoms with Crippen LogP contribution in [-0.4, -0.2) is 15.0 Å². The van der Waals surface area contributed by atoms with E-state index in [0.717, 1.165) is 12.8 Å². The number of nitriles is 1. The average molecular weight is 280 g/mol. The number of benzene rings is 1. The van der Waals surface area contributed by atoms with Crippen LogP contribution in [0.5, 0.6) is 0 Å². The van der Waals surface area contributed by atoms with Gasteiger partial charge in [0.25, 0.3) is 0 Å². The lowest BCUT2D eigenvalue weighted by Gasteiger charge is -2.13. The highest BCUT2D eigenvalue weighted by molar-refractivity contribution is 7.88. The van der Waals surface area contributed by atoms with Gasteiger partial charge in [-0.2, -0.15) is 5.26 Å². The van der Waals surface area contributed by atoms with E-state index >= 15 is 0 Å². The van der Waals surface area contributed by atoms with Crippen molar-refractivity contribution in [2.75, 3.05) is 6.54 Å². The predicted molar refractivity (Wildman–Crippen MR) is 75.9 cm³/mol. The minimum Gasteiger partial charge on any atom is -0.215 e. The van der Waals surface area contributed by atoms with Gasteiger partial charge < -0.3 is 0 Å². The molecule has 0 aromatic heterocycles. The Morgan fingerprint density at radius 1 is 1.32 bits per heavy atom. The maximum absolute atomic E-state index is 11.9. The van der Waals surface area contributed by atoms with E-state index in [1.807, 2.05) is 6.07 Å². The molecule has 104 valence electrons. The number of rotatable bonds is 7. The Balaban J connectivity index is 2.66. The molecule has 0 spiro atoms. The van der Waals surface area contributed by atoms with Gasteiger partial charge in [-0.1, -0.05) is 38.8 Å². The van der Waals surface area contributed by atoms with E-state index in [9.17, 15) is 8.42 Å². The smallest absolute Gasteiger partial charge is 0.215 e. The Hall–Kier alpha value is -1.38. The first-order valence-electron chi connectivity index (χ1n) is 6.47. The standard InChI is InChI=1S/C14H20N2O2S/c1-3-12(4-2)10-16-19(17,18)11-14-7-5-6-13(8-14)9-15/h5-8,12,16H,3-4,10-11H2,1-2H3. The van der Waals surface area contributed by atoms with E-state index in [1.54, 1.807) is 24.3 Å². The van der Waals surface area contributed by atoms with Gasteiger partial charge in [-0.3, -0.25) is 0 Å². The maximum Gasteiger partial charge on any atom is 0.215 e. The Labute approximate surface area is 115 Å². The van der Waals surface area contributed by atoms with Crippen molar-refractivity contribution in [3.8, 4) is 6.07 Å². The van der Waals surface area contributed by atoms with Crippen LogP contribution in [0.4, 0.5) is 0 Å². The second-order valence-corrected chi connectivity index (χ2v) is 6.41. The summed E-state index contributed by atoms with van der Waals surface area (Å²) in [7, 11) is -3.33. The fraction of sp³-hybridized carbons (Fsp3) is 0.500. The monoisotopic (exact) mass is 280 g/mol. The lowest BCUT2D eigenvalue weighted by molar-refractivity contribution is 0.478. The Kier molecular flexibility index (Phi) is 6.00. The third-order valence-corrected chi connectivity index (χ3v) is 4.48. The van der Waals surface area contributed by atoms with Gasteiger partial charge in [0.05, 0.1) is 17.4 Å². The molecular weight excluding hydrogens is 260 g/mol. The molecule has 5 heteroatoms. The van der Waals surface area contributed by atoms with Crippen LogP contribution in [-0.2, 0) is 15.8 Å². The highest BCUT2D eigenvalue weighted by Gasteiger charge is 2.13. The summed E-state index contributed by atoms with van der Waals surface area (Å²) in [5, 5.41) is 8.79. The molecule has 0 aliphatic rings. The highest BCUT2D eigenvalue weighted by atomic mass is 32.2. The normalized spacial score (nSPS) is 11.5. The van der Waals surface area contributed by atoms with E-state index in [1.165, 1.54) is 0 Å². The summed E-state index contributed by atoms with van der Waals surface area (Å²) in [4.78, 5) is 0. The third kappa shape index (κ3) is 5.41. The summed E-state index contributed by atoms with van der Waals surface area (Å²) in [6.45, 7) is 4.59. The van der Waals surface area contributed by atoms with Crippen LogP contribution in [0.2, 0.25) is 0 Å². The molecular formula is C14H20N2O2S. The number of nitrogens with one attached hydrogen (secondary N) is 1. The lowest BCUT2D eigenvalue weighted by atomic mass is 10.0. The van der Waals surface area contributed by atoms with Crippen molar-refractivity contribution in [2.24, 2.45) is 5.92 Å². The van der Waals surface area contributed by atoms with Crippen LogP contribution in [0, 0.1) is 17.2 Å². The third-order valence-electron chi connectivity index (χ3n) is 3.16. The molecule has 0 saturated carbocycles. The summed E-state index contributed by atoms with van der Waals surface area (Å²) >= 11 is 0. The second kappa shape index (κ2) is 7.27. The fourth-order valence-corrected chi connectivity index (χ4v) is 3.03. The highest BCUT2D eigenvalue weighted by Crippen LogP contribution is 2.10. The van der Waals surface area contributed by atoms with Crippen LogP contribution in [0.1, 0.15) is 37.8 Å². The molecule has 19 heavy (non-hydrogen) atoms. The fourth-order valence-electron chi connectivity index (χ4n) is 1.82. The number of hydrogen-bond acceptors (Lipinski definition) is 3. The van der Waals surface area contributed by atoms with E-state index < -0.39 is 10.0 Å². The van der Waals surface area contributed by atoms with Crippen LogP contribution in [0.25, 0.3) is 0 Å². The van der Waals surface area contributed by atoms with Gasteiger partial charge in [0.1, 0.15) is 0 Å². The molecule has 0 heterocycles. The molecule has 0 aliphatic heterocycles. The lowest BCUT2D eigenvalue weighted by Crippen LogP contribution is -2.30. The van der Waals surface area contributed by atoms with E-state index in [2.05, 4.69) is 18.6 Å². The van der Waals surface area contributed by atoms with Crippen molar-refractivity contribution in [3.63, 3.8) is 0 Å². The minimum absolute atomic E-state index is 0.0807. The first-order chi connectivity index (χ1) is 9.00. The SMILES string of the molecule is CCC(CC)CNS(=O)(=O)Cc1cccc(C#N)c1. The molecule has 1 aromatic rings. The molecule has 0 bridgehead atoms. The molecule has 0 unspecified atom stereocenters. The summed E-state index contributed by atoms with van der Waals surface area (Å²) < 4.78 is 26.5. The van der Waals surface area contributed by atoms with Crippen molar-refractivity contribution in [1.29, 1.82) is 5.26 Å². The van der Waals surface area contributed by atoms with Crippen LogP contribution >= 0.6 is 0 Å². The minimum atomic E-state index is -3.33. The molecule has 0 fully saturated rings. The first kappa shape index (κ1) is 15.7. The van der Waals surface area contributed by atoms with Gasteiger partial charge in [-0.15, -0.1) is 0 Å². The zero-order chi connectivity index (χ0) is 14.3. The molecule has 0 aliphatic carbocycles. The van der Waals surface area contributed by atoms with Gasteiger partial charge in [-0.25, -0.2) is 13.1 Å². The van der Waals surface area contributed by atoms with Gasteiger partial charge in [-0.05, 0) is 23.6 Å². The Morgan fingerprint density at radius 3 is 2.58 bits per heavy atom. The van der Waals surface area contributed by atoms with Crippen molar-refractivity contribution in [1.82, 2.24) is 4.72 Å². The molecule has 1 rings (SSSR count). The number of nitrogens with zero attached hydrogens (tertiary/aromatic N) is 1. The summed E-state index contributed by atoms with van der Waals surface area (Å²) in [6, 6.07) is 8.69. The number of hydrogen-bond donors (Lipinski definition) is 1. The van der Waals surface area contributed by atoms with Crippen LogP contribution in [0.3, 0.4) is 0 Å². The molecule has 0 atom stereocenters. The van der Waals surface area contributed by atoms with Crippen molar-refractivity contribution in [2.45, 2.75) is 32.4 Å². The van der Waals surface area contributed by atoms with Gasteiger partial charge >= 0.3 is 0 Å². The number of sulfonamides is 1. The topological polar surface area (TPSA) is 70.0 Å². The van der Waals surface area contributed by atoms with Crippen LogP contribution < -0.4 is 4.72 Å². The Morgan fingerprint density at radius 2 is 2.00 bits per heavy atom. The zero-order valence-corrected chi connectivity index (χ0v) is 12.2. The first-order valence-corrected chi connectivity index (χ1v) is 8.12. The largest absolute Gasteiger partial charge is 0.215 e. The van der Waals surface area contributed by atoms with Crippen LogP contribution in [0.15, 0.2) is 24.3 Å². The van der Waals surface area contributed by atoms with Gasteiger partial charge in [0.2, 0.25) is 10.0 Å². The van der Waals surface area contributed by atoms with Gasteiger partial charge in [0.15, 0.2) is 0 Å². The second-order valence-electron chi connectivity index (χ2n) is 4.60. The van der Waals surface area contributed by atoms with E-state index in [0.29, 0.717) is 23.6 Å². The average Bonchev–Trinajstić information content (AvgIpc) is 2.39. The van der Waals surface area contributed by atoms with Gasteiger partial charge in [0, 0.05) is 6.54 Å². The Bertz CT molecular complexity index is 543. The summed E-state index contributed by atoms with van der Waals surface area (Å²) in [5.41, 5.74) is 1.11.